The molecule has 0 heterocycles. The zero-order valence-corrected chi connectivity index (χ0v) is 7.87. The lowest BCUT2D eigenvalue weighted by molar-refractivity contribution is 0.104. The van der Waals surface area contributed by atoms with Gasteiger partial charge in [0.1, 0.15) is 0 Å². The molecule has 0 bridgehead atoms. The van der Waals surface area contributed by atoms with Gasteiger partial charge in [-0.3, -0.25) is 4.90 Å². The van der Waals surface area contributed by atoms with Crippen LogP contribution in [0.15, 0.2) is 24.9 Å². The summed E-state index contributed by atoms with van der Waals surface area (Å²) in [4.78, 5) is 1.42. The van der Waals surface area contributed by atoms with E-state index in [1.807, 2.05) is 0 Å². The van der Waals surface area contributed by atoms with E-state index < -0.39 is 0 Å². The molecule has 3 heteroatoms. The number of hydrogen-bond donors (Lipinski definition) is 2. The number of aliphatic hydroxyl groups is 2. The molecule has 0 saturated heterocycles. The second-order valence-corrected chi connectivity index (χ2v) is 3.49. The van der Waals surface area contributed by atoms with E-state index in [4.69, 9.17) is 0 Å². The molecule has 0 unspecified atom stereocenters. The summed E-state index contributed by atoms with van der Waals surface area (Å²) < 4.78 is 0. The van der Waals surface area contributed by atoms with Crippen molar-refractivity contribution in [3.8, 4) is 0 Å². The Bertz CT molecular complexity index is 193. The van der Waals surface area contributed by atoms with Gasteiger partial charge in [-0.15, -0.1) is 0 Å². The van der Waals surface area contributed by atoms with Crippen LogP contribution in [0.4, 0.5) is 0 Å². The highest BCUT2D eigenvalue weighted by molar-refractivity contribution is 4.98. The molecule has 3 nitrogen and oxygen atoms in total. The van der Waals surface area contributed by atoms with Crippen LogP contribution in [0.25, 0.3) is 0 Å². The Balaban J connectivity index is 2.62. The largest absolute Gasteiger partial charge is 0.495 e. The molecular formula is C10H17NO2. The summed E-state index contributed by atoms with van der Waals surface area (Å²) in [7, 11) is 0. The fraction of sp³-hybridized carbons (Fsp3) is 0.600. The first-order chi connectivity index (χ1) is 6.13. The van der Waals surface area contributed by atoms with Gasteiger partial charge in [0.15, 0.2) is 11.8 Å². The minimum Gasteiger partial charge on any atom is -0.495 e. The smallest absolute Gasteiger partial charge is 0.186 e. The zero-order chi connectivity index (χ0) is 9.84. The highest BCUT2D eigenvalue weighted by atomic mass is 16.3. The molecule has 0 aliphatic heterocycles. The predicted octanol–water partition coefficient (Wildman–Crippen LogP) is 2.68. The van der Waals surface area contributed by atoms with Crippen molar-refractivity contribution in [3.63, 3.8) is 0 Å². The van der Waals surface area contributed by atoms with Crippen LogP contribution in [0.3, 0.4) is 0 Å². The SMILES string of the molecule is C=C(O)N(C(=C)O)C1CCCCC1. The van der Waals surface area contributed by atoms with Crippen LogP contribution in [0.1, 0.15) is 32.1 Å². The van der Waals surface area contributed by atoms with Gasteiger partial charge in [0.05, 0.1) is 0 Å². The molecule has 13 heavy (non-hydrogen) atoms. The van der Waals surface area contributed by atoms with Gasteiger partial charge < -0.3 is 10.2 Å². The van der Waals surface area contributed by atoms with Gasteiger partial charge in [-0.25, -0.2) is 0 Å². The first kappa shape index (κ1) is 9.96. The first-order valence-corrected chi connectivity index (χ1v) is 4.68. The third-order valence-corrected chi connectivity index (χ3v) is 2.50. The van der Waals surface area contributed by atoms with Gasteiger partial charge in [0.25, 0.3) is 0 Å². The van der Waals surface area contributed by atoms with Crippen molar-refractivity contribution < 1.29 is 10.2 Å². The Morgan fingerprint density at radius 1 is 1.00 bits per heavy atom. The average molecular weight is 183 g/mol. The van der Waals surface area contributed by atoms with Gasteiger partial charge in [0, 0.05) is 6.04 Å². The Hall–Kier alpha value is -1.12. The van der Waals surface area contributed by atoms with E-state index in [0.717, 1.165) is 25.7 Å². The van der Waals surface area contributed by atoms with Gasteiger partial charge in [-0.05, 0) is 26.0 Å². The lowest BCUT2D eigenvalue weighted by Crippen LogP contribution is -2.34. The summed E-state index contributed by atoms with van der Waals surface area (Å²) in [5.74, 6) is -0.223. The molecule has 0 radical (unpaired) electrons. The van der Waals surface area contributed by atoms with Crippen LogP contribution in [-0.2, 0) is 0 Å². The van der Waals surface area contributed by atoms with Crippen molar-refractivity contribution in [3.05, 3.63) is 24.9 Å². The third-order valence-electron chi connectivity index (χ3n) is 2.50. The molecule has 0 aromatic carbocycles. The number of hydrogen-bond acceptors (Lipinski definition) is 3. The number of nitrogens with zero attached hydrogens (tertiary/aromatic N) is 1. The summed E-state index contributed by atoms with van der Waals surface area (Å²) in [5, 5.41) is 18.5. The molecule has 1 aliphatic rings. The second-order valence-electron chi connectivity index (χ2n) is 3.49. The lowest BCUT2D eigenvalue weighted by atomic mass is 9.94. The molecule has 0 aromatic heterocycles. The molecule has 0 atom stereocenters. The topological polar surface area (TPSA) is 43.7 Å². The van der Waals surface area contributed by atoms with Crippen molar-refractivity contribution >= 4 is 0 Å². The predicted molar refractivity (Wildman–Crippen MR) is 52.2 cm³/mol. The van der Waals surface area contributed by atoms with Gasteiger partial charge in [0.2, 0.25) is 0 Å². The lowest BCUT2D eigenvalue weighted by Gasteiger charge is -2.33. The molecule has 0 amide bonds. The zero-order valence-electron chi connectivity index (χ0n) is 7.87. The maximum atomic E-state index is 9.25. The Labute approximate surface area is 79.0 Å². The van der Waals surface area contributed by atoms with Gasteiger partial charge in [-0.2, -0.15) is 0 Å². The van der Waals surface area contributed by atoms with Gasteiger partial charge >= 0.3 is 0 Å². The molecule has 0 spiro atoms. The number of rotatable bonds is 3. The Kier molecular flexibility index (Phi) is 3.23. The van der Waals surface area contributed by atoms with Crippen molar-refractivity contribution in [2.24, 2.45) is 0 Å². The summed E-state index contributed by atoms with van der Waals surface area (Å²) in [5.41, 5.74) is 0. The molecule has 74 valence electrons. The Morgan fingerprint density at radius 3 is 1.85 bits per heavy atom. The fourth-order valence-electron chi connectivity index (χ4n) is 1.91. The fourth-order valence-corrected chi connectivity index (χ4v) is 1.91. The monoisotopic (exact) mass is 183 g/mol. The van der Waals surface area contributed by atoms with Crippen molar-refractivity contribution in [2.75, 3.05) is 0 Å². The summed E-state index contributed by atoms with van der Waals surface area (Å²) >= 11 is 0. The maximum absolute atomic E-state index is 9.25. The van der Waals surface area contributed by atoms with Crippen LogP contribution in [-0.4, -0.2) is 21.2 Å². The van der Waals surface area contributed by atoms with Gasteiger partial charge in [-0.1, -0.05) is 19.3 Å². The minimum absolute atomic E-state index is 0.112. The van der Waals surface area contributed by atoms with Crippen molar-refractivity contribution in [2.45, 2.75) is 38.1 Å². The van der Waals surface area contributed by atoms with E-state index in [-0.39, 0.29) is 17.8 Å². The van der Waals surface area contributed by atoms with E-state index >= 15 is 0 Å². The normalized spacial score (nSPS) is 18.2. The molecule has 1 aliphatic carbocycles. The third kappa shape index (κ3) is 2.41. The van der Waals surface area contributed by atoms with E-state index in [1.165, 1.54) is 11.3 Å². The summed E-state index contributed by atoms with van der Waals surface area (Å²) in [6.45, 7) is 6.83. The standard InChI is InChI=1S/C10H17NO2/c1-8(12)11(9(2)13)10-6-4-3-5-7-10/h10,12-13H,1-7H2. The van der Waals surface area contributed by atoms with E-state index in [2.05, 4.69) is 13.2 Å². The average Bonchev–Trinajstić information content (AvgIpc) is 2.04. The first-order valence-electron chi connectivity index (χ1n) is 4.68. The summed E-state index contributed by atoms with van der Waals surface area (Å²) in [6.07, 6.45) is 5.49. The molecule has 0 aromatic rings. The highest BCUT2D eigenvalue weighted by Crippen LogP contribution is 2.26. The summed E-state index contributed by atoms with van der Waals surface area (Å²) in [6, 6.07) is 0.170. The molecule has 2 N–H and O–H groups in total. The van der Waals surface area contributed by atoms with E-state index in [1.54, 1.807) is 0 Å². The molecule has 1 rings (SSSR count). The van der Waals surface area contributed by atoms with E-state index in [0.29, 0.717) is 0 Å². The molecular weight excluding hydrogens is 166 g/mol. The van der Waals surface area contributed by atoms with Crippen LogP contribution < -0.4 is 0 Å². The second kappa shape index (κ2) is 4.21. The molecule has 1 saturated carbocycles. The van der Waals surface area contributed by atoms with Crippen LogP contribution in [0.5, 0.6) is 0 Å². The maximum Gasteiger partial charge on any atom is 0.186 e. The van der Waals surface area contributed by atoms with Crippen LogP contribution in [0.2, 0.25) is 0 Å². The molecule has 1 fully saturated rings. The van der Waals surface area contributed by atoms with Crippen molar-refractivity contribution in [1.29, 1.82) is 0 Å². The Morgan fingerprint density at radius 2 is 1.46 bits per heavy atom. The highest BCUT2D eigenvalue weighted by Gasteiger charge is 2.23. The van der Waals surface area contributed by atoms with Crippen LogP contribution in [0, 0.1) is 0 Å². The van der Waals surface area contributed by atoms with Crippen molar-refractivity contribution in [1.82, 2.24) is 4.90 Å². The quantitative estimate of drug-likeness (QED) is 0.661. The van der Waals surface area contributed by atoms with Crippen LogP contribution >= 0.6 is 0 Å². The minimum atomic E-state index is -0.112. The number of aliphatic hydroxyl groups excluding tert-OH is 2. The van der Waals surface area contributed by atoms with E-state index in [9.17, 15) is 10.2 Å².